The molecule has 6 nitrogen and oxygen atoms in total. The van der Waals surface area contributed by atoms with Crippen LogP contribution in [0.3, 0.4) is 0 Å². The van der Waals surface area contributed by atoms with Gasteiger partial charge in [0.2, 0.25) is 5.91 Å². The second-order valence-electron chi connectivity index (χ2n) is 3.36. The van der Waals surface area contributed by atoms with Crippen LogP contribution in [0, 0.1) is 6.92 Å². The molecule has 0 spiro atoms. The van der Waals surface area contributed by atoms with Gasteiger partial charge in [0.1, 0.15) is 0 Å². The fraction of sp³-hybridized carbons (Fsp3) is 0.500. The molecule has 1 amide bonds. The summed E-state index contributed by atoms with van der Waals surface area (Å²) in [4.78, 5) is 14.8. The van der Waals surface area contributed by atoms with Crippen LogP contribution in [0.5, 0.6) is 0 Å². The minimum Gasteiger partial charge on any atom is -0.302 e. The highest BCUT2D eigenvalue weighted by Crippen LogP contribution is 2.28. The Labute approximate surface area is 98.3 Å². The van der Waals surface area contributed by atoms with Gasteiger partial charge in [-0.15, -0.1) is 0 Å². The molecule has 8 heteroatoms. The number of carbonyl (C=O) groups excluding carboxylic acids is 1. The number of aromatic nitrogens is 1. The molecule has 0 aliphatic rings. The first-order valence-electron chi connectivity index (χ1n) is 4.42. The fourth-order valence-electron chi connectivity index (χ4n) is 0.992. The molecule has 1 aromatic heterocycles. The molecule has 1 heterocycles. The highest BCUT2D eigenvalue weighted by Gasteiger charge is 2.24. The molecule has 0 aliphatic heterocycles. The number of nitrogens with zero attached hydrogens (tertiary/aromatic N) is 2. The molecular formula is C8H13N3O3S2. The van der Waals surface area contributed by atoms with Gasteiger partial charge in [-0.1, -0.05) is 11.3 Å². The Balaban J connectivity index is 3.17. The standard InChI is InChI=1S/C8H13N3O3S2/c1-5-7(16(13,14)11(3)4)15-8(9-5)10-6(2)12/h1-4H3,(H,9,10,12). The average molecular weight is 263 g/mol. The summed E-state index contributed by atoms with van der Waals surface area (Å²) >= 11 is 0.950. The highest BCUT2D eigenvalue weighted by atomic mass is 32.2. The number of aryl methyl sites for hydroxylation is 1. The van der Waals surface area contributed by atoms with Gasteiger partial charge in [-0.25, -0.2) is 17.7 Å². The molecule has 0 aromatic carbocycles. The van der Waals surface area contributed by atoms with Gasteiger partial charge in [-0.05, 0) is 6.92 Å². The van der Waals surface area contributed by atoms with Gasteiger partial charge in [-0.3, -0.25) is 4.79 Å². The normalized spacial score (nSPS) is 11.8. The third-order valence-electron chi connectivity index (χ3n) is 1.75. The van der Waals surface area contributed by atoms with E-state index >= 15 is 0 Å². The molecule has 1 rings (SSSR count). The van der Waals surface area contributed by atoms with Gasteiger partial charge >= 0.3 is 0 Å². The Kier molecular flexibility index (Phi) is 3.66. The summed E-state index contributed by atoms with van der Waals surface area (Å²) in [5, 5.41) is 2.76. The molecule has 1 aromatic rings. The van der Waals surface area contributed by atoms with Crippen LogP contribution in [0.15, 0.2) is 4.21 Å². The zero-order chi connectivity index (χ0) is 12.5. The molecule has 0 fully saturated rings. The monoisotopic (exact) mass is 263 g/mol. The molecule has 0 saturated heterocycles. The smallest absolute Gasteiger partial charge is 0.254 e. The molecule has 16 heavy (non-hydrogen) atoms. The number of rotatable bonds is 3. The number of amides is 1. The van der Waals surface area contributed by atoms with Crippen LogP contribution < -0.4 is 5.32 Å². The van der Waals surface area contributed by atoms with Crippen molar-refractivity contribution in [2.24, 2.45) is 0 Å². The van der Waals surface area contributed by atoms with E-state index in [0.717, 1.165) is 15.6 Å². The number of hydrogen-bond donors (Lipinski definition) is 1. The van der Waals surface area contributed by atoms with E-state index in [4.69, 9.17) is 0 Å². The second-order valence-corrected chi connectivity index (χ2v) is 6.71. The van der Waals surface area contributed by atoms with Crippen LogP contribution in [0.2, 0.25) is 0 Å². The van der Waals surface area contributed by atoms with Crippen molar-refractivity contribution in [3.05, 3.63) is 5.69 Å². The van der Waals surface area contributed by atoms with Crippen molar-refractivity contribution in [1.29, 1.82) is 0 Å². The molecule has 0 bridgehead atoms. The number of sulfonamides is 1. The van der Waals surface area contributed by atoms with Gasteiger partial charge in [0.15, 0.2) is 9.34 Å². The van der Waals surface area contributed by atoms with Gasteiger partial charge in [-0.2, -0.15) is 0 Å². The van der Waals surface area contributed by atoms with Crippen molar-refractivity contribution in [2.75, 3.05) is 19.4 Å². The van der Waals surface area contributed by atoms with E-state index in [1.807, 2.05) is 0 Å². The van der Waals surface area contributed by atoms with E-state index in [9.17, 15) is 13.2 Å². The zero-order valence-corrected chi connectivity index (χ0v) is 11.1. The lowest BCUT2D eigenvalue weighted by molar-refractivity contribution is -0.114. The Morgan fingerprint density at radius 3 is 2.44 bits per heavy atom. The lowest BCUT2D eigenvalue weighted by Gasteiger charge is -2.08. The molecule has 0 radical (unpaired) electrons. The molecule has 0 unspecified atom stereocenters. The van der Waals surface area contributed by atoms with Crippen molar-refractivity contribution in [3.8, 4) is 0 Å². The van der Waals surface area contributed by atoms with Crippen LogP contribution >= 0.6 is 11.3 Å². The van der Waals surface area contributed by atoms with Gasteiger partial charge in [0, 0.05) is 21.0 Å². The van der Waals surface area contributed by atoms with Gasteiger partial charge in [0.25, 0.3) is 10.0 Å². The minimum atomic E-state index is -3.48. The van der Waals surface area contributed by atoms with E-state index in [2.05, 4.69) is 10.3 Å². The van der Waals surface area contributed by atoms with E-state index in [0.29, 0.717) is 10.8 Å². The SMILES string of the molecule is CC(=O)Nc1nc(C)c(S(=O)(=O)N(C)C)s1. The Hall–Kier alpha value is -0.990. The van der Waals surface area contributed by atoms with E-state index < -0.39 is 10.0 Å². The number of nitrogens with one attached hydrogen (secondary N) is 1. The van der Waals surface area contributed by atoms with Crippen molar-refractivity contribution >= 4 is 32.4 Å². The topological polar surface area (TPSA) is 79.4 Å². The van der Waals surface area contributed by atoms with E-state index in [-0.39, 0.29) is 10.1 Å². The number of anilines is 1. The van der Waals surface area contributed by atoms with Crippen molar-refractivity contribution in [1.82, 2.24) is 9.29 Å². The van der Waals surface area contributed by atoms with Crippen LogP contribution in [0.25, 0.3) is 0 Å². The first kappa shape index (κ1) is 13.1. The molecule has 0 aliphatic carbocycles. The Morgan fingerprint density at radius 2 is 2.00 bits per heavy atom. The molecule has 90 valence electrons. The summed E-state index contributed by atoms with van der Waals surface area (Å²) < 4.78 is 24.9. The summed E-state index contributed by atoms with van der Waals surface area (Å²) in [6.45, 7) is 2.94. The zero-order valence-electron chi connectivity index (χ0n) is 9.44. The van der Waals surface area contributed by atoms with Gasteiger partial charge < -0.3 is 5.32 Å². The van der Waals surface area contributed by atoms with Crippen LogP contribution in [-0.2, 0) is 14.8 Å². The third-order valence-corrected chi connectivity index (χ3v) is 5.23. The van der Waals surface area contributed by atoms with Crippen molar-refractivity contribution < 1.29 is 13.2 Å². The number of carbonyl (C=O) groups is 1. The maximum Gasteiger partial charge on any atom is 0.254 e. The number of thiazole rings is 1. The van der Waals surface area contributed by atoms with E-state index in [1.165, 1.54) is 21.0 Å². The van der Waals surface area contributed by atoms with Crippen LogP contribution in [0.1, 0.15) is 12.6 Å². The van der Waals surface area contributed by atoms with Crippen molar-refractivity contribution in [2.45, 2.75) is 18.1 Å². The Morgan fingerprint density at radius 1 is 1.44 bits per heavy atom. The predicted molar refractivity (Wildman–Crippen MR) is 62.0 cm³/mol. The maximum absolute atomic E-state index is 11.8. The molecular weight excluding hydrogens is 250 g/mol. The largest absolute Gasteiger partial charge is 0.302 e. The molecule has 0 saturated carbocycles. The summed E-state index contributed by atoms with van der Waals surface area (Å²) in [6.07, 6.45) is 0. The second kappa shape index (κ2) is 4.48. The van der Waals surface area contributed by atoms with Crippen LogP contribution in [-0.4, -0.2) is 37.7 Å². The average Bonchev–Trinajstić information content (AvgIpc) is 2.45. The summed E-state index contributed by atoms with van der Waals surface area (Å²) in [6, 6.07) is 0. The highest BCUT2D eigenvalue weighted by molar-refractivity contribution is 7.91. The Bertz CT molecular complexity index is 505. The van der Waals surface area contributed by atoms with Crippen LogP contribution in [0.4, 0.5) is 5.13 Å². The summed E-state index contributed by atoms with van der Waals surface area (Å²) in [5.74, 6) is -0.275. The molecule has 0 atom stereocenters. The summed E-state index contributed by atoms with van der Waals surface area (Å²) in [5.41, 5.74) is 0.391. The third kappa shape index (κ3) is 2.57. The lowest BCUT2D eigenvalue weighted by Crippen LogP contribution is -2.21. The first-order chi connectivity index (χ1) is 7.25. The first-order valence-corrected chi connectivity index (χ1v) is 6.68. The fourth-order valence-corrected chi connectivity index (χ4v) is 3.59. The van der Waals surface area contributed by atoms with Crippen molar-refractivity contribution in [3.63, 3.8) is 0 Å². The summed E-state index contributed by atoms with van der Waals surface area (Å²) in [7, 11) is -0.583. The van der Waals surface area contributed by atoms with Gasteiger partial charge in [0.05, 0.1) is 5.69 Å². The lowest BCUT2D eigenvalue weighted by atomic mass is 10.6. The number of hydrogen-bond acceptors (Lipinski definition) is 5. The quantitative estimate of drug-likeness (QED) is 0.869. The van der Waals surface area contributed by atoms with E-state index in [1.54, 1.807) is 6.92 Å². The molecule has 1 N–H and O–H groups in total. The maximum atomic E-state index is 11.8. The minimum absolute atomic E-state index is 0.154. The predicted octanol–water partition coefficient (Wildman–Crippen LogP) is 0.660.